The summed E-state index contributed by atoms with van der Waals surface area (Å²) in [5.41, 5.74) is 5.44. The van der Waals surface area contributed by atoms with Crippen LogP contribution in [0.25, 0.3) is 0 Å². The van der Waals surface area contributed by atoms with E-state index in [-0.39, 0.29) is 5.91 Å². The number of rotatable bonds is 25. The Morgan fingerprint density at radius 3 is 1.36 bits per heavy atom. The van der Waals surface area contributed by atoms with Crippen LogP contribution in [0.15, 0.2) is 0 Å². The van der Waals surface area contributed by atoms with Gasteiger partial charge < -0.3 is 21.3 Å². The second kappa shape index (κ2) is 23.5. The number of hydrogen-bond donors (Lipinski definition) is 4. The highest BCUT2D eigenvalue weighted by atomic mass is 16.4. The van der Waals surface area contributed by atoms with Crippen LogP contribution in [0.3, 0.4) is 0 Å². The Balaban J connectivity index is 3.19. The molecule has 0 bridgehead atoms. The predicted octanol–water partition coefficient (Wildman–Crippen LogP) is 5.79. The summed E-state index contributed by atoms with van der Waals surface area (Å²) in [6.45, 7) is 0.597. The Hall–Kier alpha value is -1.63. The van der Waals surface area contributed by atoms with Crippen molar-refractivity contribution < 1.29 is 24.6 Å². The minimum atomic E-state index is -0.968. The molecule has 1 amide bonds. The first kappa shape index (κ1) is 31.4. The van der Waals surface area contributed by atoms with Gasteiger partial charge in [-0.3, -0.25) is 14.4 Å². The Labute approximate surface area is 201 Å². The van der Waals surface area contributed by atoms with Gasteiger partial charge >= 0.3 is 11.9 Å². The first-order chi connectivity index (χ1) is 15.9. The van der Waals surface area contributed by atoms with Crippen molar-refractivity contribution in [3.63, 3.8) is 0 Å². The van der Waals surface area contributed by atoms with Gasteiger partial charge in [-0.25, -0.2) is 0 Å². The lowest BCUT2D eigenvalue weighted by molar-refractivity contribution is -0.139. The maximum atomic E-state index is 11.8. The normalized spacial score (nSPS) is 11.9. The van der Waals surface area contributed by atoms with Gasteiger partial charge in [0.25, 0.3) is 0 Å². The van der Waals surface area contributed by atoms with Crippen molar-refractivity contribution in [2.75, 3.05) is 6.54 Å². The third-order valence-corrected chi connectivity index (χ3v) is 6.13. The number of hydrogen-bond acceptors (Lipinski definition) is 4. The zero-order valence-corrected chi connectivity index (χ0v) is 20.8. The third-order valence-electron chi connectivity index (χ3n) is 6.13. The molecule has 0 rings (SSSR count). The molecule has 33 heavy (non-hydrogen) atoms. The smallest absolute Gasteiger partial charge is 0.320 e. The van der Waals surface area contributed by atoms with E-state index in [2.05, 4.69) is 5.32 Å². The van der Waals surface area contributed by atoms with Gasteiger partial charge in [-0.15, -0.1) is 0 Å². The maximum absolute atomic E-state index is 11.8. The molecular weight excluding hydrogens is 420 g/mol. The van der Waals surface area contributed by atoms with Crippen molar-refractivity contribution in [2.24, 2.45) is 5.73 Å². The lowest BCUT2D eigenvalue weighted by Crippen LogP contribution is -2.30. The molecule has 0 spiro atoms. The fraction of sp³-hybridized carbons (Fsp3) is 0.885. The molecule has 0 aromatic carbocycles. The standard InChI is InChI=1S/C26H50N2O5/c27-23(26(32)33)19-17-18-22-28-24(29)20-15-13-11-9-7-5-3-1-2-4-6-8-10-12-14-16-21-25(30)31/h23H,1-22,27H2,(H,28,29)(H,30,31)(H,32,33)/t23-/m0/s1. The van der Waals surface area contributed by atoms with E-state index in [0.717, 1.165) is 32.1 Å². The molecule has 0 fully saturated rings. The molecule has 0 aliphatic heterocycles. The monoisotopic (exact) mass is 470 g/mol. The summed E-state index contributed by atoms with van der Waals surface area (Å²) < 4.78 is 0. The number of carboxylic acids is 2. The van der Waals surface area contributed by atoms with Gasteiger partial charge in [-0.05, 0) is 32.1 Å². The molecule has 0 heterocycles. The van der Waals surface area contributed by atoms with E-state index in [9.17, 15) is 14.4 Å². The summed E-state index contributed by atoms with van der Waals surface area (Å²) in [7, 11) is 0. The van der Waals surface area contributed by atoms with Crippen molar-refractivity contribution in [3.8, 4) is 0 Å². The van der Waals surface area contributed by atoms with E-state index < -0.39 is 18.0 Å². The fourth-order valence-electron chi connectivity index (χ4n) is 3.97. The van der Waals surface area contributed by atoms with Crippen LogP contribution in [0, 0.1) is 0 Å². The second-order valence-corrected chi connectivity index (χ2v) is 9.34. The van der Waals surface area contributed by atoms with Gasteiger partial charge in [-0.1, -0.05) is 89.9 Å². The molecule has 7 nitrogen and oxygen atoms in total. The van der Waals surface area contributed by atoms with E-state index in [1.54, 1.807) is 0 Å². The molecule has 5 N–H and O–H groups in total. The number of carbonyl (C=O) groups excluding carboxylic acids is 1. The number of amides is 1. The maximum Gasteiger partial charge on any atom is 0.320 e. The number of aliphatic carboxylic acids is 2. The first-order valence-electron chi connectivity index (χ1n) is 13.4. The van der Waals surface area contributed by atoms with Gasteiger partial charge in [0.05, 0.1) is 0 Å². The molecule has 0 radical (unpaired) electrons. The van der Waals surface area contributed by atoms with Crippen LogP contribution in [0.5, 0.6) is 0 Å². The lowest BCUT2D eigenvalue weighted by Gasteiger charge is -2.07. The Morgan fingerprint density at radius 1 is 0.576 bits per heavy atom. The van der Waals surface area contributed by atoms with Crippen LogP contribution in [0.4, 0.5) is 0 Å². The van der Waals surface area contributed by atoms with Gasteiger partial charge in [0.1, 0.15) is 6.04 Å². The van der Waals surface area contributed by atoms with E-state index >= 15 is 0 Å². The van der Waals surface area contributed by atoms with E-state index in [0.29, 0.717) is 32.2 Å². The minimum Gasteiger partial charge on any atom is -0.481 e. The lowest BCUT2D eigenvalue weighted by atomic mass is 10.0. The average molecular weight is 471 g/mol. The molecule has 7 heteroatoms. The number of carboxylic acid groups (broad SMARTS) is 2. The third kappa shape index (κ3) is 24.8. The van der Waals surface area contributed by atoms with Crippen LogP contribution >= 0.6 is 0 Å². The summed E-state index contributed by atoms with van der Waals surface area (Å²) in [4.78, 5) is 32.8. The van der Waals surface area contributed by atoms with Crippen LogP contribution in [0.2, 0.25) is 0 Å². The summed E-state index contributed by atoms with van der Waals surface area (Å²) in [5.74, 6) is -1.55. The topological polar surface area (TPSA) is 130 Å². The number of carbonyl (C=O) groups is 3. The molecule has 0 saturated carbocycles. The fourth-order valence-corrected chi connectivity index (χ4v) is 3.97. The first-order valence-corrected chi connectivity index (χ1v) is 13.4. The quantitative estimate of drug-likeness (QED) is 0.125. The number of unbranched alkanes of at least 4 members (excludes halogenated alkanes) is 16. The zero-order chi connectivity index (χ0) is 24.6. The Morgan fingerprint density at radius 2 is 0.970 bits per heavy atom. The molecule has 0 aromatic heterocycles. The largest absolute Gasteiger partial charge is 0.481 e. The summed E-state index contributed by atoms with van der Waals surface area (Å²) >= 11 is 0. The van der Waals surface area contributed by atoms with Crippen LogP contribution < -0.4 is 11.1 Å². The number of nitrogens with one attached hydrogen (secondary N) is 1. The molecule has 0 saturated heterocycles. The van der Waals surface area contributed by atoms with Gasteiger partial charge in [-0.2, -0.15) is 0 Å². The highest BCUT2D eigenvalue weighted by molar-refractivity contribution is 5.75. The molecule has 194 valence electrons. The average Bonchev–Trinajstić information content (AvgIpc) is 2.77. The SMILES string of the molecule is N[C@@H](CCCCNC(=O)CCCCCCCCCCCCCCCCCCC(=O)O)C(=O)O. The molecule has 1 atom stereocenters. The minimum absolute atomic E-state index is 0.0933. The summed E-state index contributed by atoms with van der Waals surface area (Å²) in [6, 6.07) is -0.800. The van der Waals surface area contributed by atoms with Crippen molar-refractivity contribution in [1.82, 2.24) is 5.32 Å². The zero-order valence-electron chi connectivity index (χ0n) is 20.8. The molecule has 0 aliphatic carbocycles. The highest BCUT2D eigenvalue weighted by Crippen LogP contribution is 2.14. The Kier molecular flexibility index (Phi) is 22.4. The van der Waals surface area contributed by atoms with Crippen LogP contribution in [0.1, 0.15) is 135 Å². The van der Waals surface area contributed by atoms with Gasteiger partial charge in [0.15, 0.2) is 0 Å². The van der Waals surface area contributed by atoms with Crippen molar-refractivity contribution in [2.45, 2.75) is 141 Å². The number of nitrogens with two attached hydrogens (primary N) is 1. The molecule has 0 aliphatic rings. The van der Waals surface area contributed by atoms with Gasteiger partial charge in [0.2, 0.25) is 5.91 Å². The highest BCUT2D eigenvalue weighted by Gasteiger charge is 2.10. The van der Waals surface area contributed by atoms with Crippen LogP contribution in [-0.2, 0) is 14.4 Å². The van der Waals surface area contributed by atoms with Crippen molar-refractivity contribution in [3.05, 3.63) is 0 Å². The Bertz CT molecular complexity index is 499. The van der Waals surface area contributed by atoms with E-state index in [4.69, 9.17) is 15.9 Å². The van der Waals surface area contributed by atoms with E-state index in [1.807, 2.05) is 0 Å². The molecular formula is C26H50N2O5. The van der Waals surface area contributed by atoms with Gasteiger partial charge in [0, 0.05) is 19.4 Å². The van der Waals surface area contributed by atoms with Crippen LogP contribution in [-0.4, -0.2) is 40.6 Å². The predicted molar refractivity (Wildman–Crippen MR) is 133 cm³/mol. The summed E-state index contributed by atoms with van der Waals surface area (Å²) in [6.07, 6.45) is 22.1. The molecule has 0 aromatic rings. The summed E-state index contributed by atoms with van der Waals surface area (Å²) in [5, 5.41) is 20.2. The second-order valence-electron chi connectivity index (χ2n) is 9.34. The van der Waals surface area contributed by atoms with Crippen molar-refractivity contribution >= 4 is 17.8 Å². The molecule has 0 unspecified atom stereocenters. The van der Waals surface area contributed by atoms with Crippen molar-refractivity contribution in [1.29, 1.82) is 0 Å². The van der Waals surface area contributed by atoms with E-state index in [1.165, 1.54) is 77.0 Å².